The molecule has 0 aromatic heterocycles. The summed E-state index contributed by atoms with van der Waals surface area (Å²) in [5.41, 5.74) is 0. The SMILES string of the molecule is CC(=O)CC(=O)OCC=CC(C)C(=O)COC(C)=O. The molecular formula is C13H18O6. The van der Waals surface area contributed by atoms with E-state index in [2.05, 4.69) is 4.74 Å². The molecule has 0 bridgehead atoms. The zero-order valence-corrected chi connectivity index (χ0v) is 11.3. The fourth-order valence-corrected chi connectivity index (χ4v) is 1.07. The fraction of sp³-hybridized carbons (Fsp3) is 0.538. The van der Waals surface area contributed by atoms with Gasteiger partial charge in [-0.15, -0.1) is 0 Å². The lowest BCUT2D eigenvalue weighted by Gasteiger charge is -2.05. The van der Waals surface area contributed by atoms with E-state index in [1.165, 1.54) is 19.9 Å². The molecule has 1 atom stereocenters. The Morgan fingerprint density at radius 3 is 2.26 bits per heavy atom. The maximum atomic E-state index is 11.4. The van der Waals surface area contributed by atoms with E-state index in [1.54, 1.807) is 13.0 Å². The number of ketones is 2. The molecule has 6 heteroatoms. The lowest BCUT2D eigenvalue weighted by atomic mass is 10.1. The standard InChI is InChI=1S/C13H18O6/c1-9(12(16)8-19-11(3)15)5-4-6-18-13(17)7-10(2)14/h4-5,9H,6-8H2,1-3H3. The van der Waals surface area contributed by atoms with Gasteiger partial charge in [0.2, 0.25) is 0 Å². The molecule has 0 aliphatic heterocycles. The molecule has 0 aliphatic carbocycles. The first-order valence-electron chi connectivity index (χ1n) is 5.80. The summed E-state index contributed by atoms with van der Waals surface area (Å²) in [6, 6.07) is 0. The number of hydrogen-bond acceptors (Lipinski definition) is 6. The highest BCUT2D eigenvalue weighted by molar-refractivity contribution is 5.94. The van der Waals surface area contributed by atoms with Gasteiger partial charge in [-0.25, -0.2) is 0 Å². The molecule has 0 N–H and O–H groups in total. The molecule has 6 nitrogen and oxygen atoms in total. The number of esters is 2. The van der Waals surface area contributed by atoms with Gasteiger partial charge < -0.3 is 9.47 Å². The summed E-state index contributed by atoms with van der Waals surface area (Å²) in [6.07, 6.45) is 2.80. The number of hydrogen-bond donors (Lipinski definition) is 0. The maximum Gasteiger partial charge on any atom is 0.313 e. The molecule has 0 saturated carbocycles. The van der Waals surface area contributed by atoms with Crippen molar-refractivity contribution in [3.8, 4) is 0 Å². The molecule has 0 aromatic rings. The second kappa shape index (κ2) is 9.02. The summed E-state index contributed by atoms with van der Waals surface area (Å²) in [5.74, 6) is -2.06. The van der Waals surface area contributed by atoms with E-state index >= 15 is 0 Å². The lowest BCUT2D eigenvalue weighted by molar-refractivity contribution is -0.146. The van der Waals surface area contributed by atoms with Crippen LogP contribution in [0, 0.1) is 5.92 Å². The van der Waals surface area contributed by atoms with Gasteiger partial charge in [0.15, 0.2) is 12.4 Å². The summed E-state index contributed by atoms with van der Waals surface area (Å²) in [4.78, 5) is 43.6. The summed E-state index contributed by atoms with van der Waals surface area (Å²) in [7, 11) is 0. The van der Waals surface area contributed by atoms with Crippen molar-refractivity contribution in [2.24, 2.45) is 5.92 Å². The van der Waals surface area contributed by atoms with Gasteiger partial charge in [-0.2, -0.15) is 0 Å². The van der Waals surface area contributed by atoms with Gasteiger partial charge >= 0.3 is 11.9 Å². The quantitative estimate of drug-likeness (QED) is 0.369. The van der Waals surface area contributed by atoms with Crippen LogP contribution in [-0.4, -0.2) is 36.7 Å². The highest BCUT2D eigenvalue weighted by Crippen LogP contribution is 2.00. The smallest absolute Gasteiger partial charge is 0.313 e. The fourth-order valence-electron chi connectivity index (χ4n) is 1.07. The van der Waals surface area contributed by atoms with E-state index in [9.17, 15) is 19.2 Å². The van der Waals surface area contributed by atoms with Gasteiger partial charge in [0.25, 0.3) is 0 Å². The molecule has 0 rings (SSSR count). The Balaban J connectivity index is 3.92. The van der Waals surface area contributed by atoms with Gasteiger partial charge in [0.05, 0.1) is 0 Å². The molecule has 1 unspecified atom stereocenters. The third kappa shape index (κ3) is 9.70. The van der Waals surface area contributed by atoms with Crippen molar-refractivity contribution < 1.29 is 28.7 Å². The largest absolute Gasteiger partial charge is 0.461 e. The Morgan fingerprint density at radius 1 is 1.11 bits per heavy atom. The molecule has 0 fully saturated rings. The second-order valence-corrected chi connectivity index (χ2v) is 4.03. The average molecular weight is 270 g/mol. The first-order chi connectivity index (χ1) is 8.82. The molecule has 0 heterocycles. The number of Topliss-reactive ketones (excluding diaryl/α,β-unsaturated/α-hetero) is 2. The molecule has 19 heavy (non-hydrogen) atoms. The number of carbonyl (C=O) groups is 4. The zero-order chi connectivity index (χ0) is 14.8. The van der Waals surface area contributed by atoms with E-state index in [-0.39, 0.29) is 31.2 Å². The lowest BCUT2D eigenvalue weighted by Crippen LogP contribution is -2.17. The summed E-state index contributed by atoms with van der Waals surface area (Å²) < 4.78 is 9.31. The van der Waals surface area contributed by atoms with E-state index in [0.29, 0.717) is 0 Å². The van der Waals surface area contributed by atoms with Crippen molar-refractivity contribution in [2.75, 3.05) is 13.2 Å². The third-order valence-electron chi connectivity index (χ3n) is 2.08. The molecule has 0 amide bonds. The van der Waals surface area contributed by atoms with Crippen LogP contribution in [0.3, 0.4) is 0 Å². The minimum Gasteiger partial charge on any atom is -0.461 e. The Kier molecular flexibility index (Phi) is 8.08. The van der Waals surface area contributed by atoms with Crippen molar-refractivity contribution in [2.45, 2.75) is 27.2 Å². The molecule has 106 valence electrons. The average Bonchev–Trinajstić information content (AvgIpc) is 2.30. The number of rotatable bonds is 8. The molecule has 0 aliphatic rings. The Hall–Kier alpha value is -1.98. The maximum absolute atomic E-state index is 11.4. The Labute approximate surface area is 111 Å². The molecule has 0 radical (unpaired) electrons. The first kappa shape index (κ1) is 17.0. The van der Waals surface area contributed by atoms with Crippen LogP contribution in [0.4, 0.5) is 0 Å². The van der Waals surface area contributed by atoms with Crippen LogP contribution >= 0.6 is 0 Å². The van der Waals surface area contributed by atoms with Gasteiger partial charge in [0.1, 0.15) is 18.8 Å². The van der Waals surface area contributed by atoms with Crippen molar-refractivity contribution in [3.63, 3.8) is 0 Å². The van der Waals surface area contributed by atoms with E-state index in [1.807, 2.05) is 0 Å². The van der Waals surface area contributed by atoms with E-state index in [0.717, 1.165) is 0 Å². The normalized spacial score (nSPS) is 11.9. The number of allylic oxidation sites excluding steroid dienone is 1. The van der Waals surface area contributed by atoms with Crippen LogP contribution in [0.1, 0.15) is 27.2 Å². The van der Waals surface area contributed by atoms with Crippen molar-refractivity contribution in [1.29, 1.82) is 0 Å². The minimum atomic E-state index is -0.601. The third-order valence-corrected chi connectivity index (χ3v) is 2.08. The van der Waals surface area contributed by atoms with Crippen LogP contribution in [0.5, 0.6) is 0 Å². The molecule has 0 aromatic carbocycles. The number of carbonyl (C=O) groups excluding carboxylic acids is 4. The molecule has 0 spiro atoms. The van der Waals surface area contributed by atoms with E-state index < -0.39 is 17.9 Å². The Morgan fingerprint density at radius 2 is 1.74 bits per heavy atom. The Bertz CT molecular complexity index is 383. The van der Waals surface area contributed by atoms with Gasteiger partial charge in [-0.1, -0.05) is 19.1 Å². The van der Waals surface area contributed by atoms with Gasteiger partial charge in [-0.05, 0) is 6.92 Å². The van der Waals surface area contributed by atoms with Gasteiger partial charge in [0, 0.05) is 12.8 Å². The first-order valence-corrected chi connectivity index (χ1v) is 5.80. The topological polar surface area (TPSA) is 86.7 Å². The highest BCUT2D eigenvalue weighted by Gasteiger charge is 2.11. The monoisotopic (exact) mass is 270 g/mol. The van der Waals surface area contributed by atoms with E-state index in [4.69, 9.17) is 4.74 Å². The van der Waals surface area contributed by atoms with Crippen molar-refractivity contribution in [3.05, 3.63) is 12.2 Å². The van der Waals surface area contributed by atoms with Crippen LogP contribution in [0.2, 0.25) is 0 Å². The minimum absolute atomic E-state index is 0.00268. The van der Waals surface area contributed by atoms with Crippen molar-refractivity contribution >= 4 is 23.5 Å². The summed E-state index contributed by atoms with van der Waals surface area (Å²) in [5, 5.41) is 0. The van der Waals surface area contributed by atoms with Crippen LogP contribution in [-0.2, 0) is 28.7 Å². The van der Waals surface area contributed by atoms with Gasteiger partial charge in [-0.3, -0.25) is 19.2 Å². The molecular weight excluding hydrogens is 252 g/mol. The second-order valence-electron chi connectivity index (χ2n) is 4.03. The van der Waals surface area contributed by atoms with Crippen molar-refractivity contribution in [1.82, 2.24) is 0 Å². The summed E-state index contributed by atoms with van der Waals surface area (Å²) >= 11 is 0. The summed E-state index contributed by atoms with van der Waals surface area (Å²) in [6.45, 7) is 3.89. The number of ether oxygens (including phenoxy) is 2. The predicted molar refractivity (Wildman–Crippen MR) is 66.2 cm³/mol. The van der Waals surface area contributed by atoms with Crippen LogP contribution in [0.15, 0.2) is 12.2 Å². The van der Waals surface area contributed by atoms with Crippen LogP contribution in [0.25, 0.3) is 0 Å². The zero-order valence-electron chi connectivity index (χ0n) is 11.3. The van der Waals surface area contributed by atoms with Crippen LogP contribution < -0.4 is 0 Å². The predicted octanol–water partition coefficient (Wildman–Crippen LogP) is 0.833. The highest BCUT2D eigenvalue weighted by atomic mass is 16.5. The molecule has 0 saturated heterocycles.